The van der Waals surface area contributed by atoms with Crippen LogP contribution < -0.4 is 20.3 Å². The van der Waals surface area contributed by atoms with Gasteiger partial charge < -0.3 is 19.9 Å². The number of benzene rings is 1. The molecule has 4 N–H and O–H groups in total. The number of aromatic hydroxyl groups is 1. The smallest absolute Gasteiger partial charge is 0.265 e. The molecule has 2 heterocycles. The van der Waals surface area contributed by atoms with Crippen LogP contribution in [0.1, 0.15) is 22.7 Å². The Bertz CT molecular complexity index is 903. The Balaban J connectivity index is 2.23. The SMILES string of the molecule is COc1cc2c(cc1OC)[C@@H](c1c(O)n(C)c(=S)[nH]c1=O)[NH2+]CC2. The van der Waals surface area contributed by atoms with E-state index in [-0.39, 0.29) is 22.3 Å². The second-order valence-electron chi connectivity index (χ2n) is 5.71. The summed E-state index contributed by atoms with van der Waals surface area (Å²) >= 11 is 5.04. The Morgan fingerprint density at radius 3 is 2.67 bits per heavy atom. The standard InChI is InChI=1S/C16H19N3O4S/c1-19-15(21)12(14(20)18-16(19)24)13-9-7-11(23-3)10(22-2)6-8(9)4-5-17-13/h6-7,13,17,21H,4-5H2,1-3H3,(H,18,20,24)/p+1/t13-/m0/s1. The van der Waals surface area contributed by atoms with Gasteiger partial charge in [0.25, 0.3) is 5.56 Å². The summed E-state index contributed by atoms with van der Waals surface area (Å²) in [5, 5.41) is 12.5. The van der Waals surface area contributed by atoms with Crippen LogP contribution in [0.4, 0.5) is 0 Å². The van der Waals surface area contributed by atoms with Crippen LogP contribution in [-0.4, -0.2) is 35.4 Å². The van der Waals surface area contributed by atoms with Crippen molar-refractivity contribution in [2.45, 2.75) is 12.5 Å². The number of nitrogens with one attached hydrogen (secondary N) is 1. The maximum absolute atomic E-state index is 12.4. The number of nitrogens with two attached hydrogens (primary N) is 1. The van der Waals surface area contributed by atoms with Gasteiger partial charge in [-0.05, 0) is 29.9 Å². The number of hydrogen-bond acceptors (Lipinski definition) is 5. The average molecular weight is 350 g/mol. The minimum Gasteiger partial charge on any atom is -0.494 e. The second kappa shape index (κ2) is 6.29. The predicted molar refractivity (Wildman–Crippen MR) is 90.4 cm³/mol. The zero-order chi connectivity index (χ0) is 17.4. The molecule has 1 aromatic heterocycles. The fourth-order valence-corrected chi connectivity index (χ4v) is 3.33. The number of aromatic amines is 1. The van der Waals surface area contributed by atoms with E-state index in [9.17, 15) is 9.90 Å². The number of H-pyrrole nitrogens is 1. The van der Waals surface area contributed by atoms with Crippen LogP contribution in [0.5, 0.6) is 17.4 Å². The average Bonchev–Trinajstić information content (AvgIpc) is 2.58. The van der Waals surface area contributed by atoms with Gasteiger partial charge in [-0.2, -0.15) is 0 Å². The molecule has 0 amide bonds. The largest absolute Gasteiger partial charge is 0.494 e. The molecule has 0 spiro atoms. The van der Waals surface area contributed by atoms with Crippen molar-refractivity contribution in [3.63, 3.8) is 0 Å². The van der Waals surface area contributed by atoms with Crippen molar-refractivity contribution in [1.29, 1.82) is 0 Å². The molecule has 0 aliphatic carbocycles. The maximum Gasteiger partial charge on any atom is 0.265 e. The molecule has 128 valence electrons. The van der Waals surface area contributed by atoms with Crippen molar-refractivity contribution in [3.05, 3.63) is 43.9 Å². The fraction of sp³-hybridized carbons (Fsp3) is 0.375. The van der Waals surface area contributed by atoms with Gasteiger partial charge in [-0.15, -0.1) is 0 Å². The topological polar surface area (TPSA) is 93.1 Å². The van der Waals surface area contributed by atoms with Crippen LogP contribution in [-0.2, 0) is 13.5 Å². The molecule has 0 saturated heterocycles. The molecule has 7 nitrogen and oxygen atoms in total. The summed E-state index contributed by atoms with van der Waals surface area (Å²) in [6, 6.07) is 3.47. The van der Waals surface area contributed by atoms with Crippen LogP contribution in [0.2, 0.25) is 0 Å². The third-order valence-electron chi connectivity index (χ3n) is 4.44. The number of aromatic nitrogens is 2. The Kier molecular flexibility index (Phi) is 4.33. The van der Waals surface area contributed by atoms with Crippen LogP contribution >= 0.6 is 12.2 Å². The molecule has 24 heavy (non-hydrogen) atoms. The molecule has 2 aromatic rings. The number of quaternary nitrogens is 1. The number of methoxy groups -OCH3 is 2. The van der Waals surface area contributed by atoms with Gasteiger partial charge in [0, 0.05) is 19.0 Å². The number of ether oxygens (including phenoxy) is 2. The monoisotopic (exact) mass is 350 g/mol. The van der Waals surface area contributed by atoms with E-state index >= 15 is 0 Å². The minimum absolute atomic E-state index is 0.118. The highest BCUT2D eigenvalue weighted by Crippen LogP contribution is 2.36. The number of fused-ring (bicyclic) bond motifs is 1. The number of rotatable bonds is 3. The van der Waals surface area contributed by atoms with Crippen LogP contribution in [0.3, 0.4) is 0 Å². The highest BCUT2D eigenvalue weighted by Gasteiger charge is 2.32. The molecule has 8 heteroatoms. The number of hydrogen-bond donors (Lipinski definition) is 3. The van der Waals surface area contributed by atoms with Crippen molar-refractivity contribution in [2.75, 3.05) is 20.8 Å². The molecule has 1 aliphatic heterocycles. The molecule has 3 rings (SSSR count). The van der Waals surface area contributed by atoms with E-state index in [1.807, 2.05) is 17.4 Å². The van der Waals surface area contributed by atoms with Gasteiger partial charge in [-0.25, -0.2) is 0 Å². The van der Waals surface area contributed by atoms with Gasteiger partial charge in [0.2, 0.25) is 5.88 Å². The first-order valence-corrected chi connectivity index (χ1v) is 7.99. The summed E-state index contributed by atoms with van der Waals surface area (Å²) in [7, 11) is 4.78. The van der Waals surface area contributed by atoms with Crippen molar-refractivity contribution in [1.82, 2.24) is 9.55 Å². The molecule has 0 bridgehead atoms. The first-order valence-electron chi connectivity index (χ1n) is 7.58. The predicted octanol–water partition coefficient (Wildman–Crippen LogP) is 0.375. The highest BCUT2D eigenvalue weighted by molar-refractivity contribution is 7.71. The van der Waals surface area contributed by atoms with Gasteiger partial charge in [0.1, 0.15) is 11.6 Å². The normalized spacial score (nSPS) is 16.5. The molecule has 0 unspecified atom stereocenters. The van der Waals surface area contributed by atoms with E-state index in [1.165, 1.54) is 4.57 Å². The Morgan fingerprint density at radius 1 is 1.33 bits per heavy atom. The minimum atomic E-state index is -0.375. The maximum atomic E-state index is 12.4. The summed E-state index contributed by atoms with van der Waals surface area (Å²) in [6.07, 6.45) is 0.843. The third-order valence-corrected chi connectivity index (χ3v) is 4.81. The summed E-state index contributed by atoms with van der Waals surface area (Å²) in [4.78, 5) is 15.0. The Morgan fingerprint density at radius 2 is 2.00 bits per heavy atom. The van der Waals surface area contributed by atoms with E-state index in [4.69, 9.17) is 21.7 Å². The molecule has 1 aromatic carbocycles. The summed E-state index contributed by atoms with van der Waals surface area (Å²) in [5.41, 5.74) is 1.92. The molecule has 0 fully saturated rings. The molecular weight excluding hydrogens is 330 g/mol. The van der Waals surface area contributed by atoms with Crippen LogP contribution in [0.15, 0.2) is 16.9 Å². The lowest BCUT2D eigenvalue weighted by molar-refractivity contribution is -0.690. The Hall–Kier alpha value is -2.32. The molecule has 1 atom stereocenters. The molecule has 0 saturated carbocycles. The van der Waals surface area contributed by atoms with Gasteiger partial charge in [0.15, 0.2) is 16.3 Å². The lowest BCUT2D eigenvalue weighted by atomic mass is 9.90. The number of nitrogens with zero attached hydrogens (tertiary/aromatic N) is 1. The lowest BCUT2D eigenvalue weighted by Gasteiger charge is -2.25. The summed E-state index contributed by atoms with van der Waals surface area (Å²) < 4.78 is 12.3. The van der Waals surface area contributed by atoms with Crippen molar-refractivity contribution in [3.8, 4) is 17.4 Å². The van der Waals surface area contributed by atoms with E-state index < -0.39 is 0 Å². The van der Waals surface area contributed by atoms with Crippen molar-refractivity contribution >= 4 is 12.2 Å². The van der Waals surface area contributed by atoms with Gasteiger partial charge >= 0.3 is 0 Å². The molecule has 1 aliphatic rings. The van der Waals surface area contributed by atoms with E-state index in [1.54, 1.807) is 21.3 Å². The first kappa shape index (κ1) is 16.5. The zero-order valence-electron chi connectivity index (χ0n) is 13.8. The van der Waals surface area contributed by atoms with E-state index in [0.717, 1.165) is 24.1 Å². The van der Waals surface area contributed by atoms with Gasteiger partial charge in [-0.1, -0.05) is 0 Å². The van der Waals surface area contributed by atoms with Crippen molar-refractivity contribution in [2.24, 2.45) is 7.05 Å². The van der Waals surface area contributed by atoms with Gasteiger partial charge in [0.05, 0.1) is 20.8 Å². The van der Waals surface area contributed by atoms with Gasteiger partial charge in [-0.3, -0.25) is 14.3 Å². The second-order valence-corrected chi connectivity index (χ2v) is 6.10. The van der Waals surface area contributed by atoms with E-state index in [2.05, 4.69) is 4.98 Å². The van der Waals surface area contributed by atoms with E-state index in [0.29, 0.717) is 17.1 Å². The van der Waals surface area contributed by atoms with Crippen molar-refractivity contribution < 1.29 is 19.9 Å². The Labute approximate surface area is 143 Å². The van der Waals surface area contributed by atoms with Crippen LogP contribution in [0, 0.1) is 4.77 Å². The zero-order valence-corrected chi connectivity index (χ0v) is 14.6. The van der Waals surface area contributed by atoms with Crippen LogP contribution in [0.25, 0.3) is 0 Å². The summed E-state index contributed by atoms with van der Waals surface area (Å²) in [5.74, 6) is 1.13. The lowest BCUT2D eigenvalue weighted by Crippen LogP contribution is -2.87. The highest BCUT2D eigenvalue weighted by atomic mass is 32.1. The third kappa shape index (κ3) is 2.57. The first-order chi connectivity index (χ1) is 11.5. The fourth-order valence-electron chi connectivity index (χ4n) is 3.16. The molecule has 0 radical (unpaired) electrons. The summed E-state index contributed by atoms with van der Waals surface area (Å²) in [6.45, 7) is 0.797. The molecular formula is C16H20N3O4S+. The quantitative estimate of drug-likeness (QED) is 0.696.